The molecule has 1 aromatic carbocycles. The molecule has 2 fully saturated rings. The number of hydrogen-bond acceptors (Lipinski definition) is 3. The van der Waals surface area contributed by atoms with Gasteiger partial charge in [-0.3, -0.25) is 9.59 Å². The van der Waals surface area contributed by atoms with Crippen LogP contribution in [0.4, 0.5) is 0 Å². The maximum atomic E-state index is 13.0. The first-order chi connectivity index (χ1) is 11.1. The van der Waals surface area contributed by atoms with Crippen molar-refractivity contribution < 1.29 is 9.59 Å². The second-order valence-electron chi connectivity index (χ2n) is 6.26. The summed E-state index contributed by atoms with van der Waals surface area (Å²) < 4.78 is 0. The van der Waals surface area contributed by atoms with Gasteiger partial charge in [-0.2, -0.15) is 0 Å². The molecule has 0 spiro atoms. The summed E-state index contributed by atoms with van der Waals surface area (Å²) in [4.78, 5) is 28.2. The number of nitrogens with zero attached hydrogens (tertiary/aromatic N) is 2. The Balaban J connectivity index is 1.76. The molecule has 6 heteroatoms. The number of benzene rings is 1. The molecule has 0 radical (unpaired) electrons. The van der Waals surface area contributed by atoms with Gasteiger partial charge in [0.1, 0.15) is 0 Å². The lowest BCUT2D eigenvalue weighted by molar-refractivity contribution is -0.138. The van der Waals surface area contributed by atoms with E-state index >= 15 is 0 Å². The van der Waals surface area contributed by atoms with Gasteiger partial charge < -0.3 is 15.1 Å². The zero-order valence-corrected chi connectivity index (χ0v) is 14.1. The van der Waals surface area contributed by atoms with Crippen molar-refractivity contribution in [2.75, 3.05) is 32.7 Å². The van der Waals surface area contributed by atoms with Crippen molar-refractivity contribution >= 4 is 23.4 Å². The van der Waals surface area contributed by atoms with E-state index in [9.17, 15) is 9.59 Å². The third-order valence-corrected chi connectivity index (χ3v) is 4.98. The Morgan fingerprint density at radius 2 is 2.13 bits per heavy atom. The minimum absolute atomic E-state index is 0.00123. The molecule has 5 nitrogen and oxygen atoms in total. The molecular formula is C17H22ClN3O2. The Morgan fingerprint density at radius 3 is 2.83 bits per heavy atom. The largest absolute Gasteiger partial charge is 0.342 e. The molecule has 2 amide bonds. The molecule has 0 aliphatic carbocycles. The molecule has 2 aliphatic heterocycles. The van der Waals surface area contributed by atoms with Crippen molar-refractivity contribution in [1.82, 2.24) is 15.1 Å². The van der Waals surface area contributed by atoms with Gasteiger partial charge in [0.05, 0.1) is 12.0 Å². The number of rotatable bonds is 2. The molecule has 2 atom stereocenters. The molecule has 124 valence electrons. The van der Waals surface area contributed by atoms with E-state index < -0.39 is 0 Å². The Labute approximate surface area is 141 Å². The zero-order valence-electron chi connectivity index (χ0n) is 13.3. The molecule has 0 saturated carbocycles. The highest BCUT2D eigenvalue weighted by molar-refractivity contribution is 6.30. The van der Waals surface area contributed by atoms with E-state index in [2.05, 4.69) is 5.32 Å². The summed E-state index contributed by atoms with van der Waals surface area (Å²) >= 11 is 6.10. The van der Waals surface area contributed by atoms with Gasteiger partial charge in [0.2, 0.25) is 11.8 Å². The lowest BCUT2D eigenvalue weighted by Crippen LogP contribution is -2.50. The van der Waals surface area contributed by atoms with Gasteiger partial charge in [-0.25, -0.2) is 0 Å². The third kappa shape index (κ3) is 3.51. The van der Waals surface area contributed by atoms with Crippen molar-refractivity contribution in [3.05, 3.63) is 34.9 Å². The maximum Gasteiger partial charge on any atom is 0.228 e. The van der Waals surface area contributed by atoms with Gasteiger partial charge in [0.15, 0.2) is 0 Å². The summed E-state index contributed by atoms with van der Waals surface area (Å²) in [7, 11) is 0. The fraction of sp³-hybridized carbons (Fsp3) is 0.529. The Kier molecular flexibility index (Phi) is 4.87. The summed E-state index contributed by atoms with van der Waals surface area (Å²) in [5.41, 5.74) is 1.06. The third-order valence-electron chi connectivity index (χ3n) is 4.74. The molecule has 1 N–H and O–H groups in total. The average molecular weight is 336 g/mol. The van der Waals surface area contributed by atoms with Gasteiger partial charge in [-0.15, -0.1) is 0 Å². The van der Waals surface area contributed by atoms with Crippen LogP contribution in [0.2, 0.25) is 5.02 Å². The quantitative estimate of drug-likeness (QED) is 0.894. The van der Waals surface area contributed by atoms with Gasteiger partial charge >= 0.3 is 0 Å². The molecule has 2 heterocycles. The molecule has 23 heavy (non-hydrogen) atoms. The molecule has 3 rings (SSSR count). The first-order valence-corrected chi connectivity index (χ1v) is 8.46. The number of halogens is 1. The first kappa shape index (κ1) is 16.3. The van der Waals surface area contributed by atoms with Crippen molar-refractivity contribution in [2.24, 2.45) is 5.92 Å². The summed E-state index contributed by atoms with van der Waals surface area (Å²) in [6, 6.07) is 7.70. The summed E-state index contributed by atoms with van der Waals surface area (Å²) in [6.07, 6.45) is 0.755. The van der Waals surface area contributed by atoms with E-state index in [1.807, 2.05) is 29.2 Å². The van der Waals surface area contributed by atoms with Crippen molar-refractivity contribution in [3.8, 4) is 0 Å². The smallest absolute Gasteiger partial charge is 0.228 e. The van der Waals surface area contributed by atoms with Gasteiger partial charge in [0.25, 0.3) is 0 Å². The standard InChI is InChI=1S/C17H22ClN3O2/c1-12(22)20-7-5-14(11-20)17(23)21-8-6-19-10-16(21)13-3-2-4-15(18)9-13/h2-4,9,14,16,19H,5-8,10-11H2,1H3. The number of carbonyl (C=O) groups is 2. The average Bonchev–Trinajstić information content (AvgIpc) is 3.04. The predicted molar refractivity (Wildman–Crippen MR) is 89.1 cm³/mol. The Bertz CT molecular complexity index is 607. The first-order valence-electron chi connectivity index (χ1n) is 8.08. The van der Waals surface area contributed by atoms with Crippen LogP contribution in [0.25, 0.3) is 0 Å². The lowest BCUT2D eigenvalue weighted by Gasteiger charge is -2.38. The fourth-order valence-corrected chi connectivity index (χ4v) is 3.66. The second kappa shape index (κ2) is 6.89. The Morgan fingerprint density at radius 1 is 1.30 bits per heavy atom. The molecule has 2 unspecified atom stereocenters. The van der Waals surface area contributed by atoms with Crippen molar-refractivity contribution in [3.63, 3.8) is 0 Å². The highest BCUT2D eigenvalue weighted by atomic mass is 35.5. The van der Waals surface area contributed by atoms with Crippen LogP contribution in [0.15, 0.2) is 24.3 Å². The van der Waals surface area contributed by atoms with Crippen LogP contribution in [-0.4, -0.2) is 54.3 Å². The molecule has 2 saturated heterocycles. The minimum Gasteiger partial charge on any atom is -0.342 e. The molecule has 0 aromatic heterocycles. The minimum atomic E-state index is -0.0846. The van der Waals surface area contributed by atoms with Crippen LogP contribution < -0.4 is 5.32 Å². The van der Waals surface area contributed by atoms with E-state index in [0.29, 0.717) is 24.7 Å². The second-order valence-corrected chi connectivity index (χ2v) is 6.69. The number of hydrogen-bond donors (Lipinski definition) is 1. The van der Waals surface area contributed by atoms with Crippen molar-refractivity contribution in [2.45, 2.75) is 19.4 Å². The van der Waals surface area contributed by atoms with Crippen LogP contribution in [0.3, 0.4) is 0 Å². The predicted octanol–water partition coefficient (Wildman–Crippen LogP) is 1.68. The van der Waals surface area contributed by atoms with Gasteiger partial charge in [0, 0.05) is 44.7 Å². The van der Waals surface area contributed by atoms with E-state index in [0.717, 1.165) is 25.1 Å². The number of carbonyl (C=O) groups excluding carboxylic acids is 2. The molecule has 2 aliphatic rings. The monoisotopic (exact) mass is 335 g/mol. The van der Waals surface area contributed by atoms with Crippen LogP contribution in [-0.2, 0) is 9.59 Å². The summed E-state index contributed by atoms with van der Waals surface area (Å²) in [6.45, 7) is 5.00. The summed E-state index contributed by atoms with van der Waals surface area (Å²) in [5, 5.41) is 4.04. The van der Waals surface area contributed by atoms with Gasteiger partial charge in [-0.1, -0.05) is 23.7 Å². The van der Waals surface area contributed by atoms with E-state index in [4.69, 9.17) is 11.6 Å². The highest BCUT2D eigenvalue weighted by Crippen LogP contribution is 2.28. The van der Waals surface area contributed by atoms with E-state index in [1.165, 1.54) is 0 Å². The summed E-state index contributed by atoms with van der Waals surface area (Å²) in [5.74, 6) is 0.117. The Hall–Kier alpha value is -1.59. The van der Waals surface area contributed by atoms with Crippen LogP contribution in [0.5, 0.6) is 0 Å². The molecule has 1 aromatic rings. The highest BCUT2D eigenvalue weighted by Gasteiger charge is 2.36. The maximum absolute atomic E-state index is 13.0. The van der Waals surface area contributed by atoms with Crippen LogP contribution in [0, 0.1) is 5.92 Å². The molecular weight excluding hydrogens is 314 g/mol. The van der Waals surface area contributed by atoms with Crippen LogP contribution in [0.1, 0.15) is 24.9 Å². The van der Waals surface area contributed by atoms with E-state index in [1.54, 1.807) is 11.8 Å². The fourth-order valence-electron chi connectivity index (χ4n) is 3.46. The van der Waals surface area contributed by atoms with Gasteiger partial charge in [-0.05, 0) is 24.1 Å². The van der Waals surface area contributed by atoms with E-state index in [-0.39, 0.29) is 23.8 Å². The lowest BCUT2D eigenvalue weighted by atomic mass is 10.00. The molecule has 0 bridgehead atoms. The zero-order chi connectivity index (χ0) is 16.4. The number of amides is 2. The SMILES string of the molecule is CC(=O)N1CCC(C(=O)N2CCNCC2c2cccc(Cl)c2)C1. The van der Waals surface area contributed by atoms with Crippen LogP contribution >= 0.6 is 11.6 Å². The number of nitrogens with one attached hydrogen (secondary N) is 1. The van der Waals surface area contributed by atoms with Crippen molar-refractivity contribution in [1.29, 1.82) is 0 Å². The number of piperazine rings is 1. The number of likely N-dealkylation sites (tertiary alicyclic amines) is 1. The normalized spacial score (nSPS) is 24.8. The topological polar surface area (TPSA) is 52.7 Å².